The summed E-state index contributed by atoms with van der Waals surface area (Å²) < 4.78 is 14.2. The Balaban J connectivity index is 2.40. The average molecular weight is 342 g/mol. The van der Waals surface area contributed by atoms with Crippen molar-refractivity contribution in [3.8, 4) is 0 Å². The molecule has 0 N–H and O–H groups in total. The van der Waals surface area contributed by atoms with Crippen molar-refractivity contribution >= 4 is 33.3 Å². The van der Waals surface area contributed by atoms with Crippen molar-refractivity contribution in [3.05, 3.63) is 68.4 Å². The monoisotopic (exact) mass is 340 g/mol. The minimum atomic E-state index is -0.583. The summed E-state index contributed by atoms with van der Waals surface area (Å²) in [6, 6.07) is 9.69. The van der Waals surface area contributed by atoms with Crippen molar-refractivity contribution in [1.29, 1.82) is 0 Å². The largest absolute Gasteiger partial charge is 0.288 e. The van der Waals surface area contributed by atoms with Crippen LogP contribution in [0.25, 0.3) is 0 Å². The van der Waals surface area contributed by atoms with Crippen LogP contribution in [0.1, 0.15) is 28.4 Å². The second kappa shape index (κ2) is 5.85. The molecule has 1 nitrogen and oxygen atoms in total. The van der Waals surface area contributed by atoms with Crippen LogP contribution >= 0.6 is 27.5 Å². The molecule has 0 amide bonds. The van der Waals surface area contributed by atoms with Crippen molar-refractivity contribution in [2.75, 3.05) is 0 Å². The molecule has 2 aromatic rings. The summed E-state index contributed by atoms with van der Waals surface area (Å²) in [4.78, 5) is 12.2. The van der Waals surface area contributed by atoms with Gasteiger partial charge >= 0.3 is 0 Å². The molecule has 0 aliphatic carbocycles. The van der Waals surface area contributed by atoms with E-state index in [2.05, 4.69) is 15.9 Å². The van der Waals surface area contributed by atoms with Crippen molar-refractivity contribution in [3.63, 3.8) is 0 Å². The van der Waals surface area contributed by atoms with Crippen LogP contribution in [0.5, 0.6) is 0 Å². The van der Waals surface area contributed by atoms with E-state index in [0.717, 1.165) is 12.0 Å². The Morgan fingerprint density at radius 1 is 1.26 bits per heavy atom. The first-order valence-electron chi connectivity index (χ1n) is 5.81. The molecule has 0 aliphatic heterocycles. The third-order valence-corrected chi connectivity index (χ3v) is 4.08. The van der Waals surface area contributed by atoms with Gasteiger partial charge in [0, 0.05) is 10.0 Å². The lowest BCUT2D eigenvalue weighted by molar-refractivity contribution is 0.103. The molecule has 2 rings (SSSR count). The quantitative estimate of drug-likeness (QED) is 0.565. The van der Waals surface area contributed by atoms with Crippen LogP contribution in [-0.2, 0) is 6.42 Å². The maximum absolute atomic E-state index is 13.8. The molecule has 98 valence electrons. The molecular weight excluding hydrogens is 331 g/mol. The standard InChI is InChI=1S/C15H11BrClFO/c1-2-9-3-5-10(6-4-9)15(19)11-7-13(17)12(16)8-14(11)18/h3-8H,2H2,1H3. The summed E-state index contributed by atoms with van der Waals surface area (Å²) in [5, 5.41) is 0.315. The van der Waals surface area contributed by atoms with E-state index in [4.69, 9.17) is 11.6 Å². The Labute approximate surface area is 124 Å². The number of halogens is 3. The number of hydrogen-bond acceptors (Lipinski definition) is 1. The molecule has 0 spiro atoms. The van der Waals surface area contributed by atoms with Crippen molar-refractivity contribution in [2.24, 2.45) is 0 Å². The number of hydrogen-bond donors (Lipinski definition) is 0. The highest BCUT2D eigenvalue weighted by atomic mass is 79.9. The normalized spacial score (nSPS) is 10.5. The van der Waals surface area contributed by atoms with Crippen molar-refractivity contribution in [2.45, 2.75) is 13.3 Å². The van der Waals surface area contributed by atoms with Crippen LogP contribution in [0, 0.1) is 5.82 Å². The number of ketones is 1. The summed E-state index contributed by atoms with van der Waals surface area (Å²) in [5.74, 6) is -0.949. The zero-order chi connectivity index (χ0) is 14.0. The molecule has 0 atom stereocenters. The van der Waals surface area contributed by atoms with E-state index in [-0.39, 0.29) is 11.3 Å². The Morgan fingerprint density at radius 3 is 2.47 bits per heavy atom. The van der Waals surface area contributed by atoms with Crippen LogP contribution in [0.2, 0.25) is 5.02 Å². The van der Waals surface area contributed by atoms with E-state index >= 15 is 0 Å². The molecule has 0 unspecified atom stereocenters. The van der Waals surface area contributed by atoms with Gasteiger partial charge in [0.05, 0.1) is 10.6 Å². The fourth-order valence-electron chi connectivity index (χ4n) is 1.74. The van der Waals surface area contributed by atoms with Gasteiger partial charge in [0.15, 0.2) is 5.78 Å². The van der Waals surface area contributed by atoms with Gasteiger partial charge in [-0.3, -0.25) is 4.79 Å². The zero-order valence-corrected chi connectivity index (χ0v) is 12.6. The molecule has 0 saturated heterocycles. The predicted octanol–water partition coefficient (Wildman–Crippen LogP) is 5.04. The average Bonchev–Trinajstić information content (AvgIpc) is 2.42. The van der Waals surface area contributed by atoms with Crippen molar-refractivity contribution < 1.29 is 9.18 Å². The van der Waals surface area contributed by atoms with E-state index in [1.54, 1.807) is 12.1 Å². The third kappa shape index (κ3) is 3.04. The Kier molecular flexibility index (Phi) is 4.38. The minimum Gasteiger partial charge on any atom is -0.288 e. The molecule has 0 bridgehead atoms. The molecule has 0 radical (unpaired) electrons. The van der Waals surface area contributed by atoms with E-state index < -0.39 is 5.82 Å². The zero-order valence-electron chi connectivity index (χ0n) is 10.2. The molecule has 4 heteroatoms. The second-order valence-corrected chi connectivity index (χ2v) is 5.39. The Morgan fingerprint density at radius 2 is 1.89 bits per heavy atom. The van der Waals surface area contributed by atoms with Crippen LogP contribution in [0.4, 0.5) is 4.39 Å². The summed E-state index contributed by atoms with van der Waals surface area (Å²) in [6.45, 7) is 2.03. The Hall–Kier alpha value is -1.19. The maximum Gasteiger partial charge on any atom is 0.196 e. The lowest BCUT2D eigenvalue weighted by Gasteiger charge is -2.06. The van der Waals surface area contributed by atoms with Gasteiger partial charge in [-0.1, -0.05) is 42.8 Å². The summed E-state index contributed by atoms with van der Waals surface area (Å²) >= 11 is 9.02. The van der Waals surface area contributed by atoms with Crippen LogP contribution in [0.3, 0.4) is 0 Å². The number of aryl methyl sites for hydroxylation is 1. The van der Waals surface area contributed by atoms with Gasteiger partial charge in [0.1, 0.15) is 5.82 Å². The first-order valence-corrected chi connectivity index (χ1v) is 6.98. The van der Waals surface area contributed by atoms with Crippen LogP contribution in [-0.4, -0.2) is 5.78 Å². The van der Waals surface area contributed by atoms with Gasteiger partial charge < -0.3 is 0 Å². The lowest BCUT2D eigenvalue weighted by Crippen LogP contribution is -2.04. The third-order valence-electron chi connectivity index (χ3n) is 2.88. The molecular formula is C15H11BrClFO. The summed E-state index contributed by atoms with van der Waals surface area (Å²) in [5.41, 5.74) is 1.57. The minimum absolute atomic E-state index is 0.0163. The number of carbonyl (C=O) groups is 1. The fraction of sp³-hybridized carbons (Fsp3) is 0.133. The van der Waals surface area contributed by atoms with Crippen LogP contribution < -0.4 is 0 Å². The highest BCUT2D eigenvalue weighted by Gasteiger charge is 2.16. The van der Waals surface area contributed by atoms with E-state index in [0.29, 0.717) is 15.1 Å². The van der Waals surface area contributed by atoms with E-state index in [9.17, 15) is 9.18 Å². The van der Waals surface area contributed by atoms with Crippen molar-refractivity contribution in [1.82, 2.24) is 0 Å². The first kappa shape index (κ1) is 14.2. The van der Waals surface area contributed by atoms with Gasteiger partial charge in [-0.25, -0.2) is 4.39 Å². The molecule has 0 heterocycles. The van der Waals surface area contributed by atoms with Crippen LogP contribution in [0.15, 0.2) is 40.9 Å². The number of rotatable bonds is 3. The number of carbonyl (C=O) groups excluding carboxylic acids is 1. The summed E-state index contributed by atoms with van der Waals surface area (Å²) in [6.07, 6.45) is 0.896. The van der Waals surface area contributed by atoms with Gasteiger partial charge in [-0.05, 0) is 40.0 Å². The number of benzene rings is 2. The van der Waals surface area contributed by atoms with Gasteiger partial charge in [0.2, 0.25) is 0 Å². The van der Waals surface area contributed by atoms with Gasteiger partial charge in [0.25, 0.3) is 0 Å². The summed E-state index contributed by atoms with van der Waals surface area (Å²) in [7, 11) is 0. The smallest absolute Gasteiger partial charge is 0.196 e. The predicted molar refractivity (Wildman–Crippen MR) is 78.4 cm³/mol. The molecule has 0 saturated carbocycles. The SMILES string of the molecule is CCc1ccc(C(=O)c2cc(Cl)c(Br)cc2F)cc1. The Bertz CT molecular complexity index is 623. The van der Waals surface area contributed by atoms with Gasteiger partial charge in [-0.2, -0.15) is 0 Å². The molecule has 0 fully saturated rings. The topological polar surface area (TPSA) is 17.1 Å². The lowest BCUT2D eigenvalue weighted by atomic mass is 10.0. The molecule has 0 aromatic heterocycles. The molecule has 0 aliphatic rings. The highest BCUT2D eigenvalue weighted by molar-refractivity contribution is 9.10. The molecule has 19 heavy (non-hydrogen) atoms. The first-order chi connectivity index (χ1) is 9.02. The van der Waals surface area contributed by atoms with E-state index in [1.807, 2.05) is 19.1 Å². The molecule has 2 aromatic carbocycles. The fourth-order valence-corrected chi connectivity index (χ4v) is 2.22. The van der Waals surface area contributed by atoms with Gasteiger partial charge in [-0.15, -0.1) is 0 Å². The highest BCUT2D eigenvalue weighted by Crippen LogP contribution is 2.27. The van der Waals surface area contributed by atoms with E-state index in [1.165, 1.54) is 12.1 Å². The second-order valence-electron chi connectivity index (χ2n) is 4.13. The maximum atomic E-state index is 13.8.